The minimum Gasteiger partial charge on any atom is -0.412 e. The van der Waals surface area contributed by atoms with Gasteiger partial charge in [0.15, 0.2) is 0 Å². The van der Waals surface area contributed by atoms with Crippen LogP contribution in [0.15, 0.2) is 35.1 Å². The molecule has 0 saturated heterocycles. The van der Waals surface area contributed by atoms with E-state index in [9.17, 15) is 9.13 Å². The molecule has 0 spiro atoms. The van der Waals surface area contributed by atoms with Crippen LogP contribution in [-0.4, -0.2) is 14.7 Å². The fourth-order valence-electron chi connectivity index (χ4n) is 1.61. The van der Waals surface area contributed by atoms with Gasteiger partial charge in [-0.2, -0.15) is 4.31 Å². The van der Waals surface area contributed by atoms with E-state index < -0.39 is 15.6 Å². The molecule has 0 bridgehead atoms. The van der Waals surface area contributed by atoms with Gasteiger partial charge in [0.1, 0.15) is 0 Å². The van der Waals surface area contributed by atoms with E-state index in [1.165, 1.54) is 11.1 Å². The SMILES string of the molecule is CC(C)=CCC/C(C)=C/CC/C(C)=C/OP(=O)(O)OP(=O)(O)O.N. The van der Waals surface area contributed by atoms with Crippen molar-refractivity contribution in [1.29, 1.82) is 0 Å². The van der Waals surface area contributed by atoms with Gasteiger partial charge < -0.3 is 20.5 Å². The molecule has 0 rings (SSSR count). The van der Waals surface area contributed by atoms with E-state index >= 15 is 0 Å². The summed E-state index contributed by atoms with van der Waals surface area (Å²) in [5, 5.41) is 0. The summed E-state index contributed by atoms with van der Waals surface area (Å²) in [5.41, 5.74) is 3.20. The molecule has 10 heteroatoms. The average molecular weight is 385 g/mol. The molecule has 0 amide bonds. The van der Waals surface area contributed by atoms with E-state index in [4.69, 9.17) is 14.7 Å². The van der Waals surface area contributed by atoms with Crippen LogP contribution in [0.25, 0.3) is 0 Å². The van der Waals surface area contributed by atoms with Gasteiger partial charge >= 0.3 is 15.6 Å². The summed E-state index contributed by atoms with van der Waals surface area (Å²) >= 11 is 0. The first-order valence-electron chi connectivity index (χ1n) is 7.14. The summed E-state index contributed by atoms with van der Waals surface area (Å²) in [4.78, 5) is 26.1. The molecular formula is C14H29NO7P2. The minimum atomic E-state index is -5.08. The quantitative estimate of drug-likeness (QED) is 0.239. The van der Waals surface area contributed by atoms with Gasteiger partial charge in [-0.15, -0.1) is 0 Å². The molecule has 1 atom stereocenters. The molecule has 6 N–H and O–H groups in total. The Morgan fingerprint density at radius 3 is 1.92 bits per heavy atom. The highest BCUT2D eigenvalue weighted by Crippen LogP contribution is 2.57. The van der Waals surface area contributed by atoms with Crippen molar-refractivity contribution < 1.29 is 32.6 Å². The zero-order valence-electron chi connectivity index (χ0n) is 14.6. The molecule has 0 radical (unpaired) electrons. The second-order valence-corrected chi connectivity index (χ2v) is 8.30. The average Bonchev–Trinajstić information content (AvgIpc) is 2.33. The molecule has 0 aliphatic carbocycles. The van der Waals surface area contributed by atoms with Crippen molar-refractivity contribution in [1.82, 2.24) is 6.15 Å². The Morgan fingerprint density at radius 1 is 0.917 bits per heavy atom. The predicted molar refractivity (Wildman–Crippen MR) is 94.5 cm³/mol. The first kappa shape index (κ1) is 25.5. The molecule has 0 aromatic rings. The minimum absolute atomic E-state index is 0. The van der Waals surface area contributed by atoms with Crippen LogP contribution < -0.4 is 6.15 Å². The lowest BCUT2D eigenvalue weighted by Gasteiger charge is -2.11. The maximum atomic E-state index is 11.2. The third-order valence-corrected chi connectivity index (χ3v) is 4.77. The van der Waals surface area contributed by atoms with Crippen LogP contribution in [0.4, 0.5) is 0 Å². The summed E-state index contributed by atoms with van der Waals surface area (Å²) in [6.45, 7) is 7.85. The molecule has 0 saturated carbocycles. The van der Waals surface area contributed by atoms with Crippen LogP contribution in [0.5, 0.6) is 0 Å². The van der Waals surface area contributed by atoms with E-state index in [0.717, 1.165) is 25.5 Å². The molecule has 0 aliphatic rings. The molecule has 0 fully saturated rings. The maximum Gasteiger partial charge on any atom is 0.535 e. The number of allylic oxidation sites excluding steroid dienone is 5. The first-order chi connectivity index (χ1) is 10.4. The lowest BCUT2D eigenvalue weighted by atomic mass is 10.1. The summed E-state index contributed by atoms with van der Waals surface area (Å²) in [6, 6.07) is 0. The van der Waals surface area contributed by atoms with E-state index in [1.807, 2.05) is 6.92 Å². The highest BCUT2D eigenvalue weighted by molar-refractivity contribution is 7.60. The monoisotopic (exact) mass is 385 g/mol. The number of hydrogen-bond donors (Lipinski definition) is 4. The van der Waals surface area contributed by atoms with Gasteiger partial charge in [-0.1, -0.05) is 23.3 Å². The van der Waals surface area contributed by atoms with Crippen LogP contribution in [-0.2, 0) is 18.0 Å². The molecule has 142 valence electrons. The Labute approximate surface area is 143 Å². The van der Waals surface area contributed by atoms with Crippen LogP contribution >= 0.6 is 15.6 Å². The van der Waals surface area contributed by atoms with Crippen molar-refractivity contribution in [3.63, 3.8) is 0 Å². The zero-order chi connectivity index (χ0) is 18.1. The highest BCUT2D eigenvalue weighted by Gasteiger charge is 2.32. The van der Waals surface area contributed by atoms with Crippen molar-refractivity contribution in [2.45, 2.75) is 53.4 Å². The fraction of sp³-hybridized carbons (Fsp3) is 0.571. The van der Waals surface area contributed by atoms with Crippen LogP contribution in [0.2, 0.25) is 0 Å². The van der Waals surface area contributed by atoms with Crippen molar-refractivity contribution in [2.75, 3.05) is 0 Å². The third-order valence-electron chi connectivity index (χ3n) is 2.72. The largest absolute Gasteiger partial charge is 0.535 e. The lowest BCUT2D eigenvalue weighted by Crippen LogP contribution is -1.90. The zero-order valence-corrected chi connectivity index (χ0v) is 16.4. The van der Waals surface area contributed by atoms with E-state index in [2.05, 4.69) is 34.8 Å². The van der Waals surface area contributed by atoms with Gasteiger partial charge in [-0.25, -0.2) is 9.13 Å². The fourth-order valence-corrected chi connectivity index (χ4v) is 3.15. The van der Waals surface area contributed by atoms with Crippen molar-refractivity contribution in [3.8, 4) is 0 Å². The topological polar surface area (TPSA) is 148 Å². The van der Waals surface area contributed by atoms with Crippen LogP contribution in [0, 0.1) is 0 Å². The number of rotatable bonds is 10. The Kier molecular flexibility index (Phi) is 12.5. The molecular weight excluding hydrogens is 356 g/mol. The molecule has 0 aliphatic heterocycles. The van der Waals surface area contributed by atoms with E-state index in [-0.39, 0.29) is 6.15 Å². The first-order valence-corrected chi connectivity index (χ1v) is 10.2. The summed E-state index contributed by atoms with van der Waals surface area (Å²) in [6.07, 6.45) is 8.56. The molecule has 1 unspecified atom stereocenters. The Bertz CT molecular complexity index is 559. The van der Waals surface area contributed by atoms with Crippen molar-refractivity contribution >= 4 is 15.6 Å². The number of phosphoric acid groups is 2. The molecule has 0 aromatic carbocycles. The Hall–Kier alpha value is -0.720. The molecule has 0 aromatic heterocycles. The second-order valence-electron chi connectivity index (χ2n) is 5.52. The van der Waals surface area contributed by atoms with Gasteiger partial charge in [0, 0.05) is 0 Å². The van der Waals surface area contributed by atoms with Gasteiger partial charge in [-0.3, -0.25) is 4.89 Å². The summed E-state index contributed by atoms with van der Waals surface area (Å²) in [7, 11) is -9.89. The van der Waals surface area contributed by atoms with E-state index in [1.54, 1.807) is 6.92 Å². The van der Waals surface area contributed by atoms with Crippen molar-refractivity contribution in [3.05, 3.63) is 35.1 Å². The lowest BCUT2D eigenvalue weighted by molar-refractivity contribution is 0.216. The molecule has 0 heterocycles. The van der Waals surface area contributed by atoms with Gasteiger partial charge in [0.2, 0.25) is 0 Å². The third kappa shape index (κ3) is 16.1. The molecule has 8 nitrogen and oxygen atoms in total. The number of hydrogen-bond acceptors (Lipinski definition) is 5. The van der Waals surface area contributed by atoms with Crippen molar-refractivity contribution in [2.24, 2.45) is 0 Å². The van der Waals surface area contributed by atoms with Gasteiger partial charge in [0.05, 0.1) is 6.26 Å². The standard InChI is InChI=1S/C14H26O7P2.H3N/c1-12(2)7-5-8-13(3)9-6-10-14(4)11-20-23(18,19)21-22(15,16)17;/h7,9,11H,5-6,8,10H2,1-4H3,(H,18,19)(H2,15,16,17);1H3/b13-9+,14-11+;. The predicted octanol–water partition coefficient (Wildman–Crippen LogP) is 4.75. The summed E-state index contributed by atoms with van der Waals surface area (Å²) in [5.74, 6) is 0. The van der Waals surface area contributed by atoms with E-state index in [0.29, 0.717) is 12.0 Å². The molecule has 24 heavy (non-hydrogen) atoms. The Balaban J connectivity index is 0. The Morgan fingerprint density at radius 2 is 1.42 bits per heavy atom. The normalized spacial score (nSPS) is 15.3. The number of phosphoric ester groups is 1. The van der Waals surface area contributed by atoms with Gasteiger partial charge in [0.25, 0.3) is 0 Å². The summed E-state index contributed by atoms with van der Waals surface area (Å²) < 4.78 is 29.8. The van der Waals surface area contributed by atoms with Crippen LogP contribution in [0.3, 0.4) is 0 Å². The van der Waals surface area contributed by atoms with Crippen LogP contribution in [0.1, 0.15) is 53.4 Å². The van der Waals surface area contributed by atoms with Gasteiger partial charge in [-0.05, 0) is 59.0 Å². The maximum absolute atomic E-state index is 11.2. The smallest absolute Gasteiger partial charge is 0.412 e. The second kappa shape index (κ2) is 11.8. The highest BCUT2D eigenvalue weighted by atomic mass is 31.3.